The average Bonchev–Trinajstić information content (AvgIpc) is 2.71. The maximum atomic E-state index is 12.5. The Morgan fingerprint density at radius 2 is 1.45 bits per heavy atom. The van der Waals surface area contributed by atoms with Crippen molar-refractivity contribution in [2.75, 3.05) is 44.2 Å². The first-order chi connectivity index (χ1) is 13.9. The Morgan fingerprint density at radius 1 is 0.931 bits per heavy atom. The highest BCUT2D eigenvalue weighted by Gasteiger charge is 2.31. The molecule has 0 aromatic heterocycles. The number of hydrogen-bond donors (Lipinski definition) is 1. The van der Waals surface area contributed by atoms with Crippen molar-refractivity contribution in [3.63, 3.8) is 0 Å². The van der Waals surface area contributed by atoms with Gasteiger partial charge < -0.3 is 15.0 Å². The van der Waals surface area contributed by atoms with Crippen LogP contribution in [0.5, 0.6) is 5.75 Å². The molecule has 4 nitrogen and oxygen atoms in total. The van der Waals surface area contributed by atoms with Crippen molar-refractivity contribution in [2.45, 2.75) is 26.3 Å². The van der Waals surface area contributed by atoms with Crippen LogP contribution in [0.1, 0.15) is 31.0 Å². The number of halogens is 3. The number of hydrogen-bond acceptors (Lipinski definition) is 4. The molecule has 1 saturated heterocycles. The molecule has 2 aromatic carbocycles. The molecule has 2 aromatic rings. The maximum Gasteiger partial charge on any atom is 0.573 e. The first-order valence-electron chi connectivity index (χ1n) is 10.1. The second-order valence-corrected chi connectivity index (χ2v) is 7.07. The van der Waals surface area contributed by atoms with Crippen molar-refractivity contribution < 1.29 is 17.9 Å². The Labute approximate surface area is 170 Å². The van der Waals surface area contributed by atoms with Crippen LogP contribution in [0.15, 0.2) is 48.5 Å². The average molecular weight is 407 g/mol. The summed E-state index contributed by atoms with van der Waals surface area (Å²) in [5.41, 5.74) is 3.26. The van der Waals surface area contributed by atoms with Gasteiger partial charge in [0, 0.05) is 45.0 Å². The lowest BCUT2D eigenvalue weighted by Gasteiger charge is -2.36. The van der Waals surface area contributed by atoms with Crippen molar-refractivity contribution in [2.24, 2.45) is 0 Å². The minimum atomic E-state index is -4.68. The van der Waals surface area contributed by atoms with Crippen molar-refractivity contribution in [1.29, 1.82) is 0 Å². The first kappa shape index (κ1) is 21.5. The van der Waals surface area contributed by atoms with Gasteiger partial charge in [-0.15, -0.1) is 13.2 Å². The Bertz CT molecular complexity index is 752. The molecular weight excluding hydrogens is 379 g/mol. The fraction of sp³-hybridized carbons (Fsp3) is 0.455. The fourth-order valence-corrected chi connectivity index (χ4v) is 3.86. The molecule has 1 N–H and O–H groups in total. The van der Waals surface area contributed by atoms with Crippen LogP contribution in [0.2, 0.25) is 0 Å². The molecule has 1 fully saturated rings. The minimum Gasteiger partial charge on any atom is -0.406 e. The van der Waals surface area contributed by atoms with E-state index < -0.39 is 6.36 Å². The molecule has 29 heavy (non-hydrogen) atoms. The van der Waals surface area contributed by atoms with Crippen LogP contribution in [0.25, 0.3) is 0 Å². The van der Waals surface area contributed by atoms with Gasteiger partial charge in [0.2, 0.25) is 0 Å². The van der Waals surface area contributed by atoms with Gasteiger partial charge >= 0.3 is 6.36 Å². The molecule has 0 radical (unpaired) electrons. The van der Waals surface area contributed by atoms with E-state index in [1.54, 1.807) is 12.1 Å². The van der Waals surface area contributed by atoms with Crippen LogP contribution in [-0.2, 0) is 0 Å². The lowest BCUT2D eigenvalue weighted by Crippen LogP contribution is -2.45. The highest BCUT2D eigenvalue weighted by molar-refractivity contribution is 5.49. The highest BCUT2D eigenvalue weighted by Crippen LogP contribution is 2.32. The van der Waals surface area contributed by atoms with Gasteiger partial charge in [-0.2, -0.15) is 0 Å². The fourth-order valence-electron chi connectivity index (χ4n) is 3.86. The van der Waals surface area contributed by atoms with Gasteiger partial charge in [0.25, 0.3) is 0 Å². The number of nitrogens with zero attached hydrogens (tertiary/aromatic N) is 2. The third-order valence-electron chi connectivity index (χ3n) is 5.28. The second-order valence-electron chi connectivity index (χ2n) is 7.07. The van der Waals surface area contributed by atoms with Crippen LogP contribution in [0.4, 0.5) is 18.9 Å². The molecule has 0 spiro atoms. The number of alkyl halides is 3. The maximum absolute atomic E-state index is 12.5. The Kier molecular flexibility index (Phi) is 7.03. The molecular formula is C22H28F3N3O. The van der Waals surface area contributed by atoms with E-state index in [-0.39, 0.29) is 11.8 Å². The quantitative estimate of drug-likeness (QED) is 0.735. The van der Waals surface area contributed by atoms with Crippen molar-refractivity contribution in [1.82, 2.24) is 10.2 Å². The van der Waals surface area contributed by atoms with Crippen LogP contribution >= 0.6 is 0 Å². The summed E-state index contributed by atoms with van der Waals surface area (Å²) >= 11 is 0. The molecule has 0 saturated carbocycles. The van der Waals surface area contributed by atoms with Crippen molar-refractivity contribution in [3.05, 3.63) is 59.7 Å². The van der Waals surface area contributed by atoms with Gasteiger partial charge in [-0.3, -0.25) is 4.90 Å². The number of nitrogens with one attached hydrogen (secondary N) is 1. The highest BCUT2D eigenvalue weighted by atomic mass is 19.4. The van der Waals surface area contributed by atoms with E-state index in [0.29, 0.717) is 0 Å². The summed E-state index contributed by atoms with van der Waals surface area (Å²) in [7, 11) is 0. The summed E-state index contributed by atoms with van der Waals surface area (Å²) < 4.78 is 41.5. The summed E-state index contributed by atoms with van der Waals surface area (Å²) in [6.45, 7) is 9.69. The van der Waals surface area contributed by atoms with Gasteiger partial charge in [-0.1, -0.05) is 24.3 Å². The Morgan fingerprint density at radius 3 is 1.93 bits per heavy atom. The summed E-state index contributed by atoms with van der Waals surface area (Å²) in [4.78, 5) is 4.65. The molecule has 0 aliphatic carbocycles. The second kappa shape index (κ2) is 9.50. The van der Waals surface area contributed by atoms with Crippen LogP contribution in [-0.4, -0.2) is 50.5 Å². The van der Waals surface area contributed by atoms with Crippen molar-refractivity contribution in [3.8, 4) is 5.75 Å². The third-order valence-corrected chi connectivity index (χ3v) is 5.28. The van der Waals surface area contributed by atoms with Gasteiger partial charge in [-0.25, -0.2) is 0 Å². The molecule has 7 heteroatoms. The predicted octanol–water partition coefficient (Wildman–Crippen LogP) is 4.43. The number of ether oxygens (including phenoxy) is 1. The summed E-state index contributed by atoms with van der Waals surface area (Å²) in [5, 5.41) is 3.35. The lowest BCUT2D eigenvalue weighted by molar-refractivity contribution is -0.274. The Balaban J connectivity index is 1.89. The van der Waals surface area contributed by atoms with E-state index in [9.17, 15) is 13.2 Å². The van der Waals surface area contributed by atoms with Gasteiger partial charge in [0.15, 0.2) is 0 Å². The van der Waals surface area contributed by atoms with Crippen LogP contribution in [0.3, 0.4) is 0 Å². The van der Waals surface area contributed by atoms with Gasteiger partial charge in [-0.05, 0) is 49.2 Å². The third kappa shape index (κ3) is 5.64. The monoisotopic (exact) mass is 407 g/mol. The normalized spacial score (nSPS) is 16.4. The lowest BCUT2D eigenvalue weighted by atomic mass is 9.96. The molecule has 158 valence electrons. The molecule has 0 bridgehead atoms. The first-order valence-corrected chi connectivity index (χ1v) is 10.1. The zero-order valence-corrected chi connectivity index (χ0v) is 16.9. The smallest absolute Gasteiger partial charge is 0.406 e. The number of piperazine rings is 1. The molecule has 1 aliphatic rings. The Hall–Kier alpha value is -2.25. The zero-order chi connectivity index (χ0) is 20.9. The molecule has 1 aliphatic heterocycles. The minimum absolute atomic E-state index is 0.0113. The molecule has 1 heterocycles. The summed E-state index contributed by atoms with van der Waals surface area (Å²) in [5.74, 6) is -0.197. The van der Waals surface area contributed by atoms with E-state index >= 15 is 0 Å². The topological polar surface area (TPSA) is 27.7 Å². The predicted molar refractivity (Wildman–Crippen MR) is 109 cm³/mol. The van der Waals surface area contributed by atoms with Crippen LogP contribution in [0, 0.1) is 0 Å². The standard InChI is InChI=1S/C22H28F3N3O/c1-3-27(4-2)19-9-5-17(6-10-19)21(28-15-13-26-14-16-28)18-7-11-20(12-8-18)29-22(23,24)25/h5-12,21,26H,3-4,13-16H2,1-2H3/t21-/m0/s1. The van der Waals surface area contributed by atoms with E-state index in [1.807, 2.05) is 0 Å². The number of rotatable bonds is 7. The van der Waals surface area contributed by atoms with E-state index in [1.165, 1.54) is 17.8 Å². The molecule has 0 amide bonds. The zero-order valence-electron chi connectivity index (χ0n) is 16.9. The SMILES string of the molecule is CCN(CC)c1ccc([C@@H](c2ccc(OC(F)(F)F)cc2)N2CCNCC2)cc1. The van der Waals surface area contributed by atoms with Crippen molar-refractivity contribution >= 4 is 5.69 Å². The largest absolute Gasteiger partial charge is 0.573 e. The van der Waals surface area contributed by atoms with Gasteiger partial charge in [0.1, 0.15) is 5.75 Å². The summed E-state index contributed by atoms with van der Waals surface area (Å²) in [6, 6.07) is 14.7. The van der Waals surface area contributed by atoms with E-state index in [0.717, 1.165) is 50.4 Å². The molecule has 0 unspecified atom stereocenters. The summed E-state index contributed by atoms with van der Waals surface area (Å²) in [6.07, 6.45) is -4.68. The van der Waals surface area contributed by atoms with Crippen LogP contribution < -0.4 is 15.0 Å². The van der Waals surface area contributed by atoms with E-state index in [2.05, 4.69) is 58.0 Å². The van der Waals surface area contributed by atoms with Gasteiger partial charge in [0.05, 0.1) is 6.04 Å². The molecule has 1 atom stereocenters. The molecule has 3 rings (SSSR count). The number of benzene rings is 2. The number of anilines is 1. The van der Waals surface area contributed by atoms with E-state index in [4.69, 9.17) is 0 Å².